The zero-order chi connectivity index (χ0) is 27.3. The largest absolute Gasteiger partial charge is 0.507 e. The maximum Gasteiger partial charge on any atom is 0.344 e. The van der Waals surface area contributed by atoms with Gasteiger partial charge in [-0.25, -0.2) is 14.3 Å². The summed E-state index contributed by atoms with van der Waals surface area (Å²) >= 11 is 0. The predicted octanol–water partition coefficient (Wildman–Crippen LogP) is 3.98. The molecule has 3 aromatic carbocycles. The third kappa shape index (κ3) is 3.87. The van der Waals surface area contributed by atoms with Gasteiger partial charge in [-0.3, -0.25) is 10.1 Å². The quantitative estimate of drug-likeness (QED) is 0.191. The lowest BCUT2D eigenvalue weighted by atomic mass is 9.88. The molecule has 6 aromatic rings. The molecule has 2 N–H and O–H groups in total. The first kappa shape index (κ1) is 23.6. The first-order chi connectivity index (χ1) is 18.8. The lowest BCUT2D eigenvalue weighted by Gasteiger charge is -2.17. The van der Waals surface area contributed by atoms with Crippen molar-refractivity contribution in [1.82, 2.24) is 15.0 Å². The monoisotopic (exact) mass is 524 g/mol. The fourth-order valence-corrected chi connectivity index (χ4v) is 4.51. The van der Waals surface area contributed by atoms with Gasteiger partial charge in [0, 0.05) is 12.1 Å². The summed E-state index contributed by atoms with van der Waals surface area (Å²) in [6.45, 7) is 0. The molecule has 192 valence electrons. The van der Waals surface area contributed by atoms with Crippen molar-refractivity contribution >= 4 is 27.6 Å². The van der Waals surface area contributed by atoms with E-state index in [2.05, 4.69) is 10.3 Å². The molecule has 0 amide bonds. The minimum Gasteiger partial charge on any atom is -0.507 e. The number of non-ortho nitro benzene ring substituents is 1. The maximum absolute atomic E-state index is 13.2. The van der Waals surface area contributed by atoms with Crippen LogP contribution in [0.15, 0.2) is 97.4 Å². The molecular weight excluding hydrogens is 508 g/mol. The molecule has 6 rings (SSSR count). The number of para-hydroxylation sites is 2. The SMILES string of the molecule is O=c1oc2ccccc2c(O)c1C(c1cn(-c2ccc([N+](=O)[O-])cc2)nn1)c1c(O)c2ccccc2oc1=O. The van der Waals surface area contributed by atoms with Crippen molar-refractivity contribution in [2.75, 3.05) is 0 Å². The van der Waals surface area contributed by atoms with E-state index < -0.39 is 33.6 Å². The van der Waals surface area contributed by atoms with Gasteiger partial charge in [-0.2, -0.15) is 0 Å². The van der Waals surface area contributed by atoms with Crippen molar-refractivity contribution in [2.45, 2.75) is 5.92 Å². The van der Waals surface area contributed by atoms with E-state index in [-0.39, 0.29) is 44.4 Å². The van der Waals surface area contributed by atoms with E-state index in [1.807, 2.05) is 0 Å². The summed E-state index contributed by atoms with van der Waals surface area (Å²) in [4.78, 5) is 37.0. The van der Waals surface area contributed by atoms with Crippen molar-refractivity contribution in [2.24, 2.45) is 0 Å². The lowest BCUT2D eigenvalue weighted by molar-refractivity contribution is -0.384. The smallest absolute Gasteiger partial charge is 0.344 e. The third-order valence-electron chi connectivity index (χ3n) is 6.35. The zero-order valence-electron chi connectivity index (χ0n) is 19.7. The second-order valence-electron chi connectivity index (χ2n) is 8.59. The average molecular weight is 524 g/mol. The zero-order valence-corrected chi connectivity index (χ0v) is 19.7. The highest BCUT2D eigenvalue weighted by molar-refractivity contribution is 5.86. The Morgan fingerprint density at radius 2 is 1.31 bits per heavy atom. The van der Waals surface area contributed by atoms with Crippen LogP contribution in [-0.2, 0) is 0 Å². The second-order valence-corrected chi connectivity index (χ2v) is 8.59. The van der Waals surface area contributed by atoms with E-state index in [1.165, 1.54) is 59.4 Å². The number of benzene rings is 3. The van der Waals surface area contributed by atoms with Crippen LogP contribution in [0.1, 0.15) is 22.7 Å². The van der Waals surface area contributed by atoms with Crippen LogP contribution in [0, 0.1) is 10.1 Å². The summed E-state index contributed by atoms with van der Waals surface area (Å²) in [7, 11) is 0. The van der Waals surface area contributed by atoms with Crippen molar-refractivity contribution in [3.05, 3.63) is 127 Å². The highest BCUT2D eigenvalue weighted by atomic mass is 16.6. The van der Waals surface area contributed by atoms with Gasteiger partial charge in [0.1, 0.15) is 22.7 Å². The van der Waals surface area contributed by atoms with Crippen LogP contribution >= 0.6 is 0 Å². The number of nitro groups is 1. The highest BCUT2D eigenvalue weighted by Gasteiger charge is 2.34. The van der Waals surface area contributed by atoms with Gasteiger partial charge in [-0.15, -0.1) is 5.10 Å². The molecule has 0 unspecified atom stereocenters. The molecule has 0 aliphatic heterocycles. The summed E-state index contributed by atoms with van der Waals surface area (Å²) < 4.78 is 12.2. The molecule has 0 saturated heterocycles. The van der Waals surface area contributed by atoms with E-state index >= 15 is 0 Å². The summed E-state index contributed by atoms with van der Waals surface area (Å²) in [6, 6.07) is 18.0. The minimum absolute atomic E-state index is 0.0101. The van der Waals surface area contributed by atoms with Gasteiger partial charge in [-0.05, 0) is 36.4 Å². The topological polar surface area (TPSA) is 175 Å². The average Bonchev–Trinajstić information content (AvgIpc) is 3.42. The molecule has 0 fully saturated rings. The van der Waals surface area contributed by atoms with Crippen molar-refractivity contribution < 1.29 is 24.0 Å². The summed E-state index contributed by atoms with van der Waals surface area (Å²) in [5.41, 5.74) is -2.16. The Labute approximate surface area is 216 Å². The molecule has 0 atom stereocenters. The van der Waals surface area contributed by atoms with Gasteiger partial charge in [0.2, 0.25) is 0 Å². The van der Waals surface area contributed by atoms with Crippen LogP contribution in [0.5, 0.6) is 11.5 Å². The molecule has 0 saturated carbocycles. The first-order valence-electron chi connectivity index (χ1n) is 11.5. The van der Waals surface area contributed by atoms with E-state index in [9.17, 15) is 29.9 Å². The molecule has 3 heterocycles. The van der Waals surface area contributed by atoms with Crippen LogP contribution in [0.25, 0.3) is 27.6 Å². The van der Waals surface area contributed by atoms with E-state index in [0.29, 0.717) is 5.69 Å². The van der Waals surface area contributed by atoms with Crippen LogP contribution in [-0.4, -0.2) is 30.1 Å². The molecule has 3 aromatic heterocycles. The van der Waals surface area contributed by atoms with Crippen LogP contribution in [0.4, 0.5) is 5.69 Å². The van der Waals surface area contributed by atoms with Crippen molar-refractivity contribution in [3.63, 3.8) is 0 Å². The van der Waals surface area contributed by atoms with Gasteiger partial charge >= 0.3 is 11.3 Å². The fourth-order valence-electron chi connectivity index (χ4n) is 4.51. The summed E-state index contributed by atoms with van der Waals surface area (Å²) in [5, 5.41) is 42.0. The predicted molar refractivity (Wildman–Crippen MR) is 137 cm³/mol. The van der Waals surface area contributed by atoms with Crippen molar-refractivity contribution in [1.29, 1.82) is 0 Å². The van der Waals surface area contributed by atoms with E-state index in [1.54, 1.807) is 24.3 Å². The molecule has 0 aliphatic carbocycles. The van der Waals surface area contributed by atoms with Gasteiger partial charge < -0.3 is 19.0 Å². The number of hydrogen-bond acceptors (Lipinski definition) is 10. The lowest BCUT2D eigenvalue weighted by Crippen LogP contribution is -2.21. The number of hydrogen-bond donors (Lipinski definition) is 2. The highest BCUT2D eigenvalue weighted by Crippen LogP contribution is 2.41. The Morgan fingerprint density at radius 1 is 0.795 bits per heavy atom. The maximum atomic E-state index is 13.2. The molecule has 0 aliphatic rings. The van der Waals surface area contributed by atoms with Gasteiger partial charge in [0.25, 0.3) is 5.69 Å². The molecule has 12 nitrogen and oxygen atoms in total. The molecule has 12 heteroatoms. The van der Waals surface area contributed by atoms with E-state index in [0.717, 1.165) is 0 Å². The Kier molecular flexibility index (Phi) is 5.42. The Hall–Kier alpha value is -5.78. The molecule has 0 bridgehead atoms. The molecular formula is C27H16N4O8. The van der Waals surface area contributed by atoms with Gasteiger partial charge in [0.05, 0.1) is 50.3 Å². The number of nitro benzene ring substituents is 1. The van der Waals surface area contributed by atoms with Crippen molar-refractivity contribution in [3.8, 4) is 17.2 Å². The third-order valence-corrected chi connectivity index (χ3v) is 6.35. The first-order valence-corrected chi connectivity index (χ1v) is 11.5. The molecule has 0 spiro atoms. The van der Waals surface area contributed by atoms with Crippen LogP contribution in [0.3, 0.4) is 0 Å². The summed E-state index contributed by atoms with van der Waals surface area (Å²) in [6.07, 6.45) is 1.37. The number of fused-ring (bicyclic) bond motifs is 2. The van der Waals surface area contributed by atoms with E-state index in [4.69, 9.17) is 8.83 Å². The number of aromatic nitrogens is 3. The molecule has 39 heavy (non-hydrogen) atoms. The Morgan fingerprint density at radius 3 is 1.82 bits per heavy atom. The van der Waals surface area contributed by atoms with Gasteiger partial charge in [0.15, 0.2) is 0 Å². The number of nitrogens with zero attached hydrogens (tertiary/aromatic N) is 4. The standard InChI is InChI=1S/C27H16N4O8/c32-24-16-5-1-3-7-19(16)38-26(34)22(24)21(23-25(33)17-6-2-4-8-20(17)39-27(23)35)18-13-30(29-28-18)14-9-11-15(12-10-14)31(36)37/h1-13,21,32-33H. The number of aromatic hydroxyl groups is 2. The second kappa shape index (κ2) is 8.95. The van der Waals surface area contributed by atoms with Crippen LogP contribution in [0.2, 0.25) is 0 Å². The Balaban J connectivity index is 1.62. The normalized spacial score (nSPS) is 11.4. The minimum atomic E-state index is -1.46. The molecule has 0 radical (unpaired) electrons. The van der Waals surface area contributed by atoms with Crippen LogP contribution < -0.4 is 11.3 Å². The summed E-state index contributed by atoms with van der Waals surface area (Å²) in [5.74, 6) is -2.40. The number of rotatable bonds is 5. The fraction of sp³-hybridized carbons (Fsp3) is 0.0370. The Bertz CT molecular complexity index is 1930. The van der Waals surface area contributed by atoms with Gasteiger partial charge in [-0.1, -0.05) is 29.5 Å².